The molecule has 5 heteroatoms. The minimum absolute atomic E-state index is 0.0675. The van der Waals surface area contributed by atoms with Gasteiger partial charge in [-0.15, -0.1) is 0 Å². The number of aryl methyl sites for hydroxylation is 1. The van der Waals surface area contributed by atoms with Crippen LogP contribution in [-0.2, 0) is 13.5 Å². The highest BCUT2D eigenvalue weighted by molar-refractivity contribution is 5.93. The van der Waals surface area contributed by atoms with Crippen molar-refractivity contribution in [2.45, 2.75) is 19.3 Å². The molecule has 5 nitrogen and oxygen atoms in total. The summed E-state index contributed by atoms with van der Waals surface area (Å²) < 4.78 is 6.90. The van der Waals surface area contributed by atoms with Crippen LogP contribution in [-0.4, -0.2) is 40.8 Å². The lowest BCUT2D eigenvalue weighted by atomic mass is 9.90. The predicted molar refractivity (Wildman–Crippen MR) is 114 cm³/mol. The molecule has 0 aliphatic carbocycles. The summed E-state index contributed by atoms with van der Waals surface area (Å²) in [6, 6.07) is 20.2. The van der Waals surface area contributed by atoms with E-state index >= 15 is 0 Å². The van der Waals surface area contributed by atoms with Gasteiger partial charge in [0.1, 0.15) is 11.4 Å². The lowest BCUT2D eigenvalue weighted by molar-refractivity contribution is 0.0679. The molecular formula is C24H27N3O2. The van der Waals surface area contributed by atoms with Gasteiger partial charge in [-0.2, -0.15) is 5.10 Å². The molecule has 1 aliphatic heterocycles. The van der Waals surface area contributed by atoms with Crippen LogP contribution < -0.4 is 4.74 Å². The van der Waals surface area contributed by atoms with E-state index in [4.69, 9.17) is 4.74 Å². The molecule has 2 heterocycles. The topological polar surface area (TPSA) is 47.4 Å². The zero-order valence-corrected chi connectivity index (χ0v) is 17.0. The molecule has 1 aliphatic rings. The van der Waals surface area contributed by atoms with E-state index in [1.807, 2.05) is 42.3 Å². The molecule has 0 radical (unpaired) electrons. The maximum Gasteiger partial charge on any atom is 0.272 e. The number of methoxy groups -OCH3 is 1. The van der Waals surface area contributed by atoms with E-state index in [0.717, 1.165) is 49.4 Å². The molecule has 1 amide bonds. The van der Waals surface area contributed by atoms with Gasteiger partial charge in [0.25, 0.3) is 5.91 Å². The Morgan fingerprint density at radius 2 is 1.76 bits per heavy atom. The first-order valence-electron chi connectivity index (χ1n) is 10.2. The number of likely N-dealkylation sites (tertiary alicyclic amines) is 1. The summed E-state index contributed by atoms with van der Waals surface area (Å²) in [6.45, 7) is 1.61. The van der Waals surface area contributed by atoms with Crippen molar-refractivity contribution in [3.63, 3.8) is 0 Å². The molecule has 150 valence electrons. The monoisotopic (exact) mass is 389 g/mol. The van der Waals surface area contributed by atoms with Crippen molar-refractivity contribution < 1.29 is 9.53 Å². The van der Waals surface area contributed by atoms with Gasteiger partial charge in [-0.05, 0) is 61.1 Å². The van der Waals surface area contributed by atoms with Crippen LogP contribution in [0.5, 0.6) is 5.75 Å². The number of ether oxygens (including phenoxy) is 1. The van der Waals surface area contributed by atoms with Gasteiger partial charge in [0.2, 0.25) is 0 Å². The smallest absolute Gasteiger partial charge is 0.272 e. The van der Waals surface area contributed by atoms with Crippen LogP contribution >= 0.6 is 0 Å². The van der Waals surface area contributed by atoms with Gasteiger partial charge in [-0.3, -0.25) is 9.48 Å². The summed E-state index contributed by atoms with van der Waals surface area (Å²) in [5.41, 5.74) is 3.80. The van der Waals surface area contributed by atoms with Crippen molar-refractivity contribution in [3.8, 4) is 17.0 Å². The average molecular weight is 389 g/mol. The van der Waals surface area contributed by atoms with E-state index in [1.54, 1.807) is 11.8 Å². The molecule has 3 aromatic rings. The Labute approximate surface area is 171 Å². The fourth-order valence-electron chi connectivity index (χ4n) is 4.02. The normalized spacial score (nSPS) is 14.8. The van der Waals surface area contributed by atoms with Gasteiger partial charge >= 0.3 is 0 Å². The Hall–Kier alpha value is -3.08. The summed E-state index contributed by atoms with van der Waals surface area (Å²) in [4.78, 5) is 15.0. The number of amides is 1. The highest BCUT2D eigenvalue weighted by Crippen LogP contribution is 2.25. The first-order valence-corrected chi connectivity index (χ1v) is 10.2. The van der Waals surface area contributed by atoms with Gasteiger partial charge in [0, 0.05) is 25.7 Å². The number of rotatable bonds is 5. The second-order valence-electron chi connectivity index (χ2n) is 7.69. The fraction of sp³-hybridized carbons (Fsp3) is 0.333. The van der Waals surface area contributed by atoms with E-state index in [1.165, 1.54) is 5.56 Å². The number of carbonyl (C=O) groups excluding carboxylic acids is 1. The minimum atomic E-state index is 0.0675. The molecule has 0 N–H and O–H groups in total. The second-order valence-corrected chi connectivity index (χ2v) is 7.69. The highest BCUT2D eigenvalue weighted by Gasteiger charge is 2.26. The quantitative estimate of drug-likeness (QED) is 0.657. The van der Waals surface area contributed by atoms with E-state index < -0.39 is 0 Å². The lowest BCUT2D eigenvalue weighted by Crippen LogP contribution is -2.39. The molecule has 0 atom stereocenters. The maximum atomic E-state index is 13.1. The summed E-state index contributed by atoms with van der Waals surface area (Å²) in [7, 11) is 3.48. The fourth-order valence-corrected chi connectivity index (χ4v) is 4.02. The summed E-state index contributed by atoms with van der Waals surface area (Å²) in [6.07, 6.45) is 3.18. The lowest BCUT2D eigenvalue weighted by Gasteiger charge is -2.32. The van der Waals surface area contributed by atoms with Crippen LogP contribution in [0, 0.1) is 5.92 Å². The van der Waals surface area contributed by atoms with Gasteiger partial charge in [0.05, 0.1) is 12.8 Å². The molecule has 1 aromatic heterocycles. The number of carbonyl (C=O) groups is 1. The van der Waals surface area contributed by atoms with E-state index in [-0.39, 0.29) is 5.91 Å². The Bertz CT molecular complexity index is 956. The third-order valence-electron chi connectivity index (χ3n) is 5.75. The zero-order chi connectivity index (χ0) is 20.2. The largest absolute Gasteiger partial charge is 0.497 e. The molecule has 4 rings (SSSR count). The van der Waals surface area contributed by atoms with Crippen molar-refractivity contribution in [1.82, 2.24) is 14.7 Å². The van der Waals surface area contributed by atoms with Crippen molar-refractivity contribution in [3.05, 3.63) is 71.9 Å². The van der Waals surface area contributed by atoms with E-state index in [9.17, 15) is 4.79 Å². The molecule has 1 fully saturated rings. The average Bonchev–Trinajstić information content (AvgIpc) is 3.16. The Morgan fingerprint density at radius 3 is 2.41 bits per heavy atom. The number of nitrogens with zero attached hydrogens (tertiary/aromatic N) is 3. The van der Waals surface area contributed by atoms with Crippen LogP contribution in [0.25, 0.3) is 11.3 Å². The molecule has 0 bridgehead atoms. The number of hydrogen-bond acceptors (Lipinski definition) is 3. The third kappa shape index (κ3) is 4.34. The molecule has 29 heavy (non-hydrogen) atoms. The number of aromatic nitrogens is 2. The van der Waals surface area contributed by atoms with Gasteiger partial charge < -0.3 is 9.64 Å². The number of hydrogen-bond donors (Lipinski definition) is 0. The van der Waals surface area contributed by atoms with Crippen LogP contribution in [0.3, 0.4) is 0 Å². The number of benzene rings is 2. The summed E-state index contributed by atoms with van der Waals surface area (Å²) in [5, 5.41) is 4.55. The second kappa shape index (κ2) is 8.52. The first-order chi connectivity index (χ1) is 14.1. The molecule has 1 saturated heterocycles. The summed E-state index contributed by atoms with van der Waals surface area (Å²) >= 11 is 0. The first kappa shape index (κ1) is 19.2. The predicted octanol–water partition coefficient (Wildman–Crippen LogP) is 4.19. The SMILES string of the molecule is COc1ccc(-c2cc(C(=O)N3CCC(Cc4ccccc4)CC3)n(C)n2)cc1. The highest BCUT2D eigenvalue weighted by atomic mass is 16.5. The van der Waals surface area contributed by atoms with Gasteiger partial charge in [0.15, 0.2) is 0 Å². The summed E-state index contributed by atoms with van der Waals surface area (Å²) in [5.74, 6) is 1.51. The zero-order valence-electron chi connectivity index (χ0n) is 17.0. The Morgan fingerprint density at radius 1 is 1.07 bits per heavy atom. The minimum Gasteiger partial charge on any atom is -0.497 e. The molecule has 0 spiro atoms. The van der Waals surface area contributed by atoms with Gasteiger partial charge in [-0.25, -0.2) is 0 Å². The molecule has 0 saturated carbocycles. The van der Waals surface area contributed by atoms with E-state index in [2.05, 4.69) is 35.4 Å². The Kier molecular flexibility index (Phi) is 5.65. The van der Waals surface area contributed by atoms with Crippen molar-refractivity contribution in [2.24, 2.45) is 13.0 Å². The van der Waals surface area contributed by atoms with E-state index in [0.29, 0.717) is 11.6 Å². The van der Waals surface area contributed by atoms with Crippen LogP contribution in [0.1, 0.15) is 28.9 Å². The molecule has 0 unspecified atom stereocenters. The van der Waals surface area contributed by atoms with Crippen molar-refractivity contribution in [2.75, 3.05) is 20.2 Å². The van der Waals surface area contributed by atoms with Crippen LogP contribution in [0.2, 0.25) is 0 Å². The number of piperidine rings is 1. The van der Waals surface area contributed by atoms with Crippen molar-refractivity contribution >= 4 is 5.91 Å². The standard InChI is InChI=1S/C24H27N3O2/c1-26-23(17-22(25-26)20-8-10-21(29-2)11-9-20)24(28)27-14-12-19(13-15-27)16-18-6-4-3-5-7-18/h3-11,17,19H,12-16H2,1-2H3. The van der Waals surface area contributed by atoms with Crippen LogP contribution in [0.15, 0.2) is 60.7 Å². The Balaban J connectivity index is 1.40. The van der Waals surface area contributed by atoms with Crippen molar-refractivity contribution in [1.29, 1.82) is 0 Å². The molecule has 2 aromatic carbocycles. The van der Waals surface area contributed by atoms with Gasteiger partial charge in [-0.1, -0.05) is 30.3 Å². The van der Waals surface area contributed by atoms with Crippen LogP contribution in [0.4, 0.5) is 0 Å². The maximum absolute atomic E-state index is 13.1. The molecular weight excluding hydrogens is 362 g/mol. The third-order valence-corrected chi connectivity index (χ3v) is 5.75.